The first-order valence-electron chi connectivity index (χ1n) is 4.05. The smallest absolute Gasteiger partial charge is 0.307 e. The number of nitrogens with zero attached hydrogens (tertiary/aromatic N) is 1. The number of anilines is 1. The van der Waals surface area contributed by atoms with Crippen molar-refractivity contribution in [2.75, 3.05) is 25.6 Å². The lowest BCUT2D eigenvalue weighted by atomic mass is 10.4. The second-order valence-electron chi connectivity index (χ2n) is 2.70. The number of rotatable bonds is 4. The van der Waals surface area contributed by atoms with E-state index >= 15 is 0 Å². The molecule has 72 valence electrons. The van der Waals surface area contributed by atoms with Gasteiger partial charge in [-0.15, -0.1) is 11.3 Å². The maximum atomic E-state index is 10.8. The average Bonchev–Trinajstić information content (AvgIpc) is 2.66. The molecule has 4 heteroatoms. The fourth-order valence-electron chi connectivity index (χ4n) is 0.958. The quantitative estimate of drug-likeness (QED) is 0.692. The van der Waals surface area contributed by atoms with Gasteiger partial charge >= 0.3 is 5.97 Å². The minimum atomic E-state index is -0.164. The number of thiophene rings is 1. The highest BCUT2D eigenvalue weighted by molar-refractivity contribution is 7.14. The summed E-state index contributed by atoms with van der Waals surface area (Å²) in [5.41, 5.74) is 0. The normalized spacial score (nSPS) is 9.69. The van der Waals surface area contributed by atoms with Crippen LogP contribution in [0.3, 0.4) is 0 Å². The fraction of sp³-hybridized carbons (Fsp3) is 0.444. The molecule has 0 bridgehead atoms. The number of carbonyl (C=O) groups is 1. The van der Waals surface area contributed by atoms with Crippen LogP contribution >= 0.6 is 11.3 Å². The van der Waals surface area contributed by atoms with E-state index in [1.54, 1.807) is 11.3 Å². The van der Waals surface area contributed by atoms with E-state index in [0.29, 0.717) is 13.0 Å². The minimum absolute atomic E-state index is 0.164. The van der Waals surface area contributed by atoms with Gasteiger partial charge in [0.25, 0.3) is 0 Å². The minimum Gasteiger partial charge on any atom is -0.469 e. The monoisotopic (exact) mass is 199 g/mol. The first kappa shape index (κ1) is 10.1. The first-order chi connectivity index (χ1) is 6.24. The summed E-state index contributed by atoms with van der Waals surface area (Å²) in [4.78, 5) is 12.9. The van der Waals surface area contributed by atoms with Crippen molar-refractivity contribution in [1.29, 1.82) is 0 Å². The van der Waals surface area contributed by atoms with Gasteiger partial charge in [-0.25, -0.2) is 0 Å². The van der Waals surface area contributed by atoms with E-state index in [2.05, 4.69) is 4.74 Å². The van der Waals surface area contributed by atoms with Gasteiger partial charge in [-0.1, -0.05) is 0 Å². The van der Waals surface area contributed by atoms with Crippen molar-refractivity contribution in [2.24, 2.45) is 0 Å². The largest absolute Gasteiger partial charge is 0.469 e. The van der Waals surface area contributed by atoms with E-state index in [9.17, 15) is 4.79 Å². The van der Waals surface area contributed by atoms with Gasteiger partial charge < -0.3 is 9.64 Å². The third kappa shape index (κ3) is 3.06. The van der Waals surface area contributed by atoms with Crippen molar-refractivity contribution in [3.05, 3.63) is 17.5 Å². The number of ether oxygens (including phenoxy) is 1. The van der Waals surface area contributed by atoms with E-state index in [0.717, 1.165) is 0 Å². The summed E-state index contributed by atoms with van der Waals surface area (Å²) in [5.74, 6) is -0.164. The number of methoxy groups -OCH3 is 1. The van der Waals surface area contributed by atoms with Gasteiger partial charge in [-0.05, 0) is 17.5 Å². The van der Waals surface area contributed by atoms with Crippen molar-refractivity contribution in [2.45, 2.75) is 6.42 Å². The highest BCUT2D eigenvalue weighted by Gasteiger charge is 2.05. The van der Waals surface area contributed by atoms with Crippen molar-refractivity contribution in [3.8, 4) is 0 Å². The zero-order chi connectivity index (χ0) is 9.68. The lowest BCUT2D eigenvalue weighted by Crippen LogP contribution is -2.20. The van der Waals surface area contributed by atoms with Crippen LogP contribution in [0.4, 0.5) is 5.00 Å². The molecule has 0 aromatic carbocycles. The molecule has 0 spiro atoms. The Bertz CT molecular complexity index is 259. The second kappa shape index (κ2) is 4.87. The number of carbonyl (C=O) groups excluding carboxylic acids is 1. The maximum Gasteiger partial charge on any atom is 0.307 e. The van der Waals surface area contributed by atoms with Crippen molar-refractivity contribution in [1.82, 2.24) is 0 Å². The molecule has 0 fully saturated rings. The highest BCUT2D eigenvalue weighted by Crippen LogP contribution is 2.19. The van der Waals surface area contributed by atoms with E-state index in [4.69, 9.17) is 0 Å². The molecule has 0 radical (unpaired) electrons. The summed E-state index contributed by atoms with van der Waals surface area (Å²) in [6, 6.07) is 4.02. The molecular formula is C9H13NO2S. The second-order valence-corrected chi connectivity index (χ2v) is 3.63. The summed E-state index contributed by atoms with van der Waals surface area (Å²) in [5, 5.41) is 3.19. The van der Waals surface area contributed by atoms with Crippen LogP contribution in [0.1, 0.15) is 6.42 Å². The molecule has 0 aliphatic carbocycles. The van der Waals surface area contributed by atoms with Gasteiger partial charge in [0.05, 0.1) is 18.5 Å². The third-order valence-electron chi connectivity index (χ3n) is 1.76. The molecule has 13 heavy (non-hydrogen) atoms. The highest BCUT2D eigenvalue weighted by atomic mass is 32.1. The van der Waals surface area contributed by atoms with Crippen molar-refractivity contribution >= 4 is 22.3 Å². The molecule has 0 aliphatic rings. The molecule has 0 unspecified atom stereocenters. The standard InChI is InChI=1S/C9H13NO2S/c1-10(6-5-9(11)12-2)8-4-3-7-13-8/h3-4,7H,5-6H2,1-2H3. The molecule has 0 N–H and O–H groups in total. The van der Waals surface area contributed by atoms with Crippen molar-refractivity contribution in [3.63, 3.8) is 0 Å². The molecule has 0 aliphatic heterocycles. The Morgan fingerprint density at radius 1 is 1.69 bits per heavy atom. The molecule has 1 rings (SSSR count). The summed E-state index contributed by atoms with van der Waals surface area (Å²) in [7, 11) is 3.38. The van der Waals surface area contributed by atoms with Gasteiger partial charge in [0.1, 0.15) is 0 Å². The van der Waals surface area contributed by atoms with Crippen LogP contribution in [0, 0.1) is 0 Å². The van der Waals surface area contributed by atoms with Gasteiger partial charge in [-0.3, -0.25) is 4.79 Å². The lowest BCUT2D eigenvalue weighted by Gasteiger charge is -2.15. The molecule has 3 nitrogen and oxygen atoms in total. The average molecular weight is 199 g/mol. The predicted molar refractivity (Wildman–Crippen MR) is 54.2 cm³/mol. The zero-order valence-corrected chi connectivity index (χ0v) is 8.63. The predicted octanol–water partition coefficient (Wildman–Crippen LogP) is 1.75. The van der Waals surface area contributed by atoms with Crippen LogP contribution in [0.15, 0.2) is 17.5 Å². The fourth-order valence-corrected chi connectivity index (χ4v) is 1.68. The van der Waals surface area contributed by atoms with Crippen LogP contribution in [0.5, 0.6) is 0 Å². The SMILES string of the molecule is COC(=O)CCN(C)c1cccs1. The van der Waals surface area contributed by atoms with Gasteiger partial charge in [0.15, 0.2) is 0 Å². The Morgan fingerprint density at radius 3 is 3.00 bits per heavy atom. The summed E-state index contributed by atoms with van der Waals surface area (Å²) >= 11 is 1.66. The summed E-state index contributed by atoms with van der Waals surface area (Å²) in [6.45, 7) is 0.702. The molecule has 0 saturated heterocycles. The Morgan fingerprint density at radius 2 is 2.46 bits per heavy atom. The van der Waals surface area contributed by atoms with E-state index < -0.39 is 0 Å². The van der Waals surface area contributed by atoms with E-state index in [1.807, 2.05) is 29.5 Å². The third-order valence-corrected chi connectivity index (χ3v) is 2.74. The molecule has 0 atom stereocenters. The molecular weight excluding hydrogens is 186 g/mol. The van der Waals surface area contributed by atoms with Crippen LogP contribution in [0.25, 0.3) is 0 Å². The van der Waals surface area contributed by atoms with Gasteiger partial charge in [-0.2, -0.15) is 0 Å². The first-order valence-corrected chi connectivity index (χ1v) is 4.93. The topological polar surface area (TPSA) is 29.5 Å². The number of hydrogen-bond acceptors (Lipinski definition) is 4. The molecule has 1 heterocycles. The van der Waals surface area contributed by atoms with Crippen LogP contribution in [-0.2, 0) is 9.53 Å². The molecule has 0 amide bonds. The van der Waals surface area contributed by atoms with E-state index in [1.165, 1.54) is 12.1 Å². The Balaban J connectivity index is 2.34. The van der Waals surface area contributed by atoms with Gasteiger partial charge in [0, 0.05) is 13.6 Å². The van der Waals surface area contributed by atoms with Gasteiger partial charge in [0.2, 0.25) is 0 Å². The number of hydrogen-bond donors (Lipinski definition) is 0. The van der Waals surface area contributed by atoms with Crippen LogP contribution < -0.4 is 4.90 Å². The Labute approximate surface area is 81.9 Å². The van der Waals surface area contributed by atoms with Crippen LogP contribution in [0.2, 0.25) is 0 Å². The summed E-state index contributed by atoms with van der Waals surface area (Å²) < 4.78 is 4.56. The van der Waals surface area contributed by atoms with Crippen molar-refractivity contribution < 1.29 is 9.53 Å². The maximum absolute atomic E-state index is 10.8. The summed E-state index contributed by atoms with van der Waals surface area (Å²) in [6.07, 6.45) is 0.435. The zero-order valence-electron chi connectivity index (χ0n) is 7.82. The van der Waals surface area contributed by atoms with Crippen LogP contribution in [-0.4, -0.2) is 26.7 Å². The molecule has 1 aromatic heterocycles. The Hall–Kier alpha value is -1.03. The Kier molecular flexibility index (Phi) is 3.76. The van der Waals surface area contributed by atoms with E-state index in [-0.39, 0.29) is 5.97 Å². The molecule has 0 saturated carbocycles. The molecule has 1 aromatic rings. The lowest BCUT2D eigenvalue weighted by molar-refractivity contribution is -0.140. The number of esters is 1.